The minimum atomic E-state index is 0.131. The Balaban J connectivity index is 2.63. The fraction of sp³-hybridized carbons (Fsp3) is 0. The van der Waals surface area contributed by atoms with Crippen LogP contribution < -0.4 is 0 Å². The lowest BCUT2D eigenvalue weighted by atomic mass is 10.1. The second kappa shape index (κ2) is 5.28. The first-order valence-corrected chi connectivity index (χ1v) is 4.94. The highest BCUT2D eigenvalue weighted by atomic mass is 14.8. The Morgan fingerprint density at radius 1 is 0.778 bits per heavy atom. The van der Waals surface area contributed by atoms with E-state index >= 15 is 0 Å². The third kappa shape index (κ3) is 2.18. The fourth-order valence-corrected chi connectivity index (χ4v) is 1.34. The van der Waals surface area contributed by atoms with Crippen LogP contribution in [0, 0.1) is 22.7 Å². The lowest BCUT2D eigenvalue weighted by Gasteiger charge is -2.01. The summed E-state index contributed by atoms with van der Waals surface area (Å²) in [6.07, 6.45) is 8.74. The van der Waals surface area contributed by atoms with Crippen molar-refractivity contribution in [3.63, 3.8) is 0 Å². The SMILES string of the molecule is N#C/C(=C(/C#N)c1cnccn1)c1cnccn1. The van der Waals surface area contributed by atoms with Gasteiger partial charge in [-0.3, -0.25) is 19.9 Å². The molecule has 0 aliphatic carbocycles. The van der Waals surface area contributed by atoms with E-state index in [0.717, 1.165) is 0 Å². The molecule has 84 valence electrons. The van der Waals surface area contributed by atoms with Gasteiger partial charge in [0.2, 0.25) is 0 Å². The van der Waals surface area contributed by atoms with Gasteiger partial charge in [-0.1, -0.05) is 0 Å². The van der Waals surface area contributed by atoms with Crippen LogP contribution in [0.5, 0.6) is 0 Å². The molecule has 0 saturated carbocycles. The molecule has 0 unspecified atom stereocenters. The number of nitriles is 2. The number of hydrogen-bond donors (Lipinski definition) is 0. The molecular weight excluding hydrogens is 228 g/mol. The van der Waals surface area contributed by atoms with Crippen molar-refractivity contribution in [3.8, 4) is 12.1 Å². The number of rotatable bonds is 2. The Hall–Kier alpha value is -3.12. The first-order valence-electron chi connectivity index (χ1n) is 4.94. The van der Waals surface area contributed by atoms with Gasteiger partial charge in [0.15, 0.2) is 0 Å². The predicted molar refractivity (Wildman–Crippen MR) is 62.1 cm³/mol. The molecular formula is C12H6N6. The zero-order valence-electron chi connectivity index (χ0n) is 9.15. The Morgan fingerprint density at radius 2 is 1.22 bits per heavy atom. The highest BCUT2D eigenvalue weighted by Gasteiger charge is 2.13. The van der Waals surface area contributed by atoms with Gasteiger partial charge in [-0.15, -0.1) is 0 Å². The first-order chi connectivity index (χ1) is 8.86. The van der Waals surface area contributed by atoms with E-state index in [-0.39, 0.29) is 11.1 Å². The highest BCUT2D eigenvalue weighted by Crippen LogP contribution is 2.21. The van der Waals surface area contributed by atoms with Gasteiger partial charge < -0.3 is 0 Å². The van der Waals surface area contributed by atoms with Crippen molar-refractivity contribution in [2.24, 2.45) is 0 Å². The van der Waals surface area contributed by atoms with Gasteiger partial charge in [-0.25, -0.2) is 0 Å². The molecule has 0 aromatic carbocycles. The minimum absolute atomic E-state index is 0.131. The number of hydrogen-bond acceptors (Lipinski definition) is 6. The maximum atomic E-state index is 9.17. The second-order valence-corrected chi connectivity index (χ2v) is 3.15. The van der Waals surface area contributed by atoms with Crippen molar-refractivity contribution in [2.45, 2.75) is 0 Å². The Kier molecular flexibility index (Phi) is 3.34. The largest absolute Gasteiger partial charge is 0.261 e. The zero-order chi connectivity index (χ0) is 12.8. The van der Waals surface area contributed by atoms with Crippen molar-refractivity contribution in [1.29, 1.82) is 10.5 Å². The van der Waals surface area contributed by atoms with Crippen molar-refractivity contribution in [1.82, 2.24) is 19.9 Å². The summed E-state index contributed by atoms with van der Waals surface area (Å²) in [6.45, 7) is 0. The van der Waals surface area contributed by atoms with Gasteiger partial charge in [0.1, 0.15) is 23.5 Å². The Morgan fingerprint density at radius 3 is 1.50 bits per heavy atom. The highest BCUT2D eigenvalue weighted by molar-refractivity contribution is 6.00. The standard InChI is InChI=1S/C12H6N6/c13-5-9(11-7-15-1-3-17-11)10(6-14)12-8-16-2-4-18-12/h1-4,7-8H/b10-9+. The van der Waals surface area contributed by atoms with Gasteiger partial charge in [0.25, 0.3) is 0 Å². The quantitative estimate of drug-likeness (QED) is 0.724. The molecule has 18 heavy (non-hydrogen) atoms. The maximum Gasteiger partial charge on any atom is 0.103 e. The predicted octanol–water partition coefficient (Wildman–Crippen LogP) is 1.22. The zero-order valence-corrected chi connectivity index (χ0v) is 9.15. The third-order valence-electron chi connectivity index (χ3n) is 2.11. The van der Waals surface area contributed by atoms with Crippen LogP contribution >= 0.6 is 0 Å². The van der Waals surface area contributed by atoms with Crippen LogP contribution in [0.2, 0.25) is 0 Å². The first kappa shape index (κ1) is 11.4. The van der Waals surface area contributed by atoms with Gasteiger partial charge in [-0.05, 0) is 0 Å². The molecule has 2 heterocycles. The molecule has 0 bridgehead atoms. The van der Waals surface area contributed by atoms with E-state index in [1.807, 2.05) is 12.1 Å². The molecule has 0 atom stereocenters. The number of allylic oxidation sites excluding steroid dienone is 2. The molecule has 2 rings (SSSR count). The van der Waals surface area contributed by atoms with E-state index in [0.29, 0.717) is 11.4 Å². The van der Waals surface area contributed by atoms with Crippen molar-refractivity contribution in [3.05, 3.63) is 48.6 Å². The molecule has 0 aliphatic rings. The third-order valence-corrected chi connectivity index (χ3v) is 2.11. The molecule has 0 N–H and O–H groups in total. The summed E-state index contributed by atoms with van der Waals surface area (Å²) >= 11 is 0. The smallest absolute Gasteiger partial charge is 0.103 e. The van der Waals surface area contributed by atoms with Gasteiger partial charge >= 0.3 is 0 Å². The van der Waals surface area contributed by atoms with Gasteiger partial charge in [0.05, 0.1) is 23.5 Å². The molecule has 2 aromatic rings. The number of nitrogens with zero attached hydrogens (tertiary/aromatic N) is 6. The van der Waals surface area contributed by atoms with Crippen LogP contribution in [0.1, 0.15) is 11.4 Å². The molecule has 0 spiro atoms. The van der Waals surface area contributed by atoms with Gasteiger partial charge in [0, 0.05) is 24.8 Å². The van der Waals surface area contributed by atoms with E-state index < -0.39 is 0 Å². The monoisotopic (exact) mass is 234 g/mol. The van der Waals surface area contributed by atoms with Crippen LogP contribution in [-0.2, 0) is 0 Å². The summed E-state index contributed by atoms with van der Waals surface area (Å²) < 4.78 is 0. The molecule has 0 amide bonds. The number of aromatic nitrogens is 4. The van der Waals surface area contributed by atoms with E-state index in [4.69, 9.17) is 10.5 Å². The topological polar surface area (TPSA) is 99.1 Å². The Labute approximate surface area is 103 Å². The second-order valence-electron chi connectivity index (χ2n) is 3.15. The molecule has 0 radical (unpaired) electrons. The van der Waals surface area contributed by atoms with Crippen LogP contribution in [0.3, 0.4) is 0 Å². The summed E-state index contributed by atoms with van der Waals surface area (Å²) in [6, 6.07) is 3.91. The van der Waals surface area contributed by atoms with E-state index in [9.17, 15) is 0 Å². The van der Waals surface area contributed by atoms with Gasteiger partial charge in [-0.2, -0.15) is 10.5 Å². The molecule has 0 fully saturated rings. The summed E-state index contributed by atoms with van der Waals surface area (Å²) in [4.78, 5) is 15.7. The van der Waals surface area contributed by atoms with Crippen LogP contribution in [-0.4, -0.2) is 19.9 Å². The molecule has 6 nitrogen and oxygen atoms in total. The molecule has 0 aliphatic heterocycles. The van der Waals surface area contributed by atoms with E-state index in [1.165, 1.54) is 37.2 Å². The van der Waals surface area contributed by atoms with E-state index in [2.05, 4.69) is 19.9 Å². The van der Waals surface area contributed by atoms with Crippen molar-refractivity contribution < 1.29 is 0 Å². The average molecular weight is 234 g/mol. The maximum absolute atomic E-state index is 9.17. The average Bonchev–Trinajstić information content (AvgIpc) is 2.46. The van der Waals surface area contributed by atoms with E-state index in [1.54, 1.807) is 0 Å². The molecule has 2 aromatic heterocycles. The normalized spacial score (nSPS) is 11.0. The summed E-state index contributed by atoms with van der Waals surface area (Å²) in [5.74, 6) is 0. The van der Waals surface area contributed by atoms with Crippen LogP contribution in [0.15, 0.2) is 37.2 Å². The minimum Gasteiger partial charge on any atom is -0.261 e. The van der Waals surface area contributed by atoms with Crippen LogP contribution in [0.4, 0.5) is 0 Å². The van der Waals surface area contributed by atoms with Crippen molar-refractivity contribution >= 4 is 11.1 Å². The summed E-state index contributed by atoms with van der Waals surface area (Å²) in [5, 5.41) is 18.3. The lowest BCUT2D eigenvalue weighted by molar-refractivity contribution is 1.16. The lowest BCUT2D eigenvalue weighted by Crippen LogP contribution is -1.95. The summed E-state index contributed by atoms with van der Waals surface area (Å²) in [5.41, 5.74) is 0.932. The summed E-state index contributed by atoms with van der Waals surface area (Å²) in [7, 11) is 0. The van der Waals surface area contributed by atoms with Crippen LogP contribution in [0.25, 0.3) is 11.1 Å². The Bertz CT molecular complexity index is 589. The molecule has 6 heteroatoms. The fourth-order valence-electron chi connectivity index (χ4n) is 1.34. The van der Waals surface area contributed by atoms with Crippen molar-refractivity contribution in [2.75, 3.05) is 0 Å². The molecule has 0 saturated heterocycles.